The van der Waals surface area contributed by atoms with Crippen molar-refractivity contribution in [2.45, 2.75) is 50.4 Å². The third-order valence-electron chi connectivity index (χ3n) is 3.60. The molecule has 1 saturated carbocycles. The van der Waals surface area contributed by atoms with Gasteiger partial charge in [-0.2, -0.15) is 11.8 Å². The van der Waals surface area contributed by atoms with E-state index < -0.39 is 0 Å². The maximum Gasteiger partial charge on any atom is 0.169 e. The van der Waals surface area contributed by atoms with Gasteiger partial charge in [-0.25, -0.2) is 9.37 Å². The summed E-state index contributed by atoms with van der Waals surface area (Å²) in [6, 6.07) is 1.74. The fourth-order valence-electron chi connectivity index (χ4n) is 1.94. The molecular formula is C15H24FN3S. The molecule has 5 heteroatoms. The predicted molar refractivity (Wildman–Crippen MR) is 84.8 cm³/mol. The minimum Gasteiger partial charge on any atom is -0.366 e. The minimum atomic E-state index is -0.235. The van der Waals surface area contributed by atoms with E-state index in [1.807, 2.05) is 11.8 Å². The van der Waals surface area contributed by atoms with Crippen LogP contribution in [0.5, 0.6) is 0 Å². The number of halogens is 1. The van der Waals surface area contributed by atoms with Crippen molar-refractivity contribution in [1.82, 2.24) is 10.3 Å². The van der Waals surface area contributed by atoms with E-state index in [1.54, 1.807) is 12.3 Å². The molecule has 0 saturated heterocycles. The van der Waals surface area contributed by atoms with Gasteiger partial charge in [-0.05, 0) is 45.9 Å². The zero-order valence-electron chi connectivity index (χ0n) is 12.7. The van der Waals surface area contributed by atoms with Gasteiger partial charge in [-0.15, -0.1) is 0 Å². The Bertz CT molecular complexity index is 467. The van der Waals surface area contributed by atoms with Crippen molar-refractivity contribution in [2.24, 2.45) is 0 Å². The number of hydrogen-bond acceptors (Lipinski definition) is 4. The molecule has 0 spiro atoms. The van der Waals surface area contributed by atoms with E-state index in [1.165, 1.54) is 12.8 Å². The largest absolute Gasteiger partial charge is 0.366 e. The predicted octanol–water partition coefficient (Wildman–Crippen LogP) is 3.42. The van der Waals surface area contributed by atoms with Crippen molar-refractivity contribution < 1.29 is 4.39 Å². The Hall–Kier alpha value is -0.810. The van der Waals surface area contributed by atoms with Crippen LogP contribution in [-0.2, 0) is 6.54 Å². The summed E-state index contributed by atoms with van der Waals surface area (Å²) < 4.78 is 14.7. The number of nitrogens with zero attached hydrogens (tertiary/aromatic N) is 1. The number of rotatable bonds is 6. The maximum absolute atomic E-state index is 14.4. The molecule has 2 N–H and O–H groups in total. The Balaban J connectivity index is 1.99. The van der Waals surface area contributed by atoms with Crippen molar-refractivity contribution in [2.75, 3.05) is 18.1 Å². The van der Waals surface area contributed by atoms with Crippen LogP contribution >= 0.6 is 11.8 Å². The van der Waals surface area contributed by atoms with Gasteiger partial charge >= 0.3 is 0 Å². The second-order valence-corrected chi connectivity index (χ2v) is 7.75. The molecule has 112 valence electrons. The highest BCUT2D eigenvalue weighted by molar-refractivity contribution is 8.00. The van der Waals surface area contributed by atoms with Crippen LogP contribution in [0.1, 0.15) is 39.2 Å². The van der Waals surface area contributed by atoms with Gasteiger partial charge in [0.05, 0.1) is 0 Å². The molecule has 0 amide bonds. The molecule has 1 fully saturated rings. The molecule has 0 aromatic carbocycles. The first-order valence-corrected chi connectivity index (χ1v) is 8.25. The summed E-state index contributed by atoms with van der Waals surface area (Å²) in [5, 5.41) is 6.47. The third-order valence-corrected chi connectivity index (χ3v) is 5.02. The Morgan fingerprint density at radius 2 is 2.10 bits per heavy atom. The zero-order valence-corrected chi connectivity index (χ0v) is 13.5. The highest BCUT2D eigenvalue weighted by atomic mass is 32.2. The standard InChI is InChI=1S/C15H24FN3S/c1-14(2,3)19-9-11-5-8-17-13(12(11)16)18-10-15(20-4)6-7-15/h5,8,19H,6-7,9-10H2,1-4H3,(H,17,18). The van der Waals surface area contributed by atoms with Crippen LogP contribution < -0.4 is 10.6 Å². The Morgan fingerprint density at radius 3 is 2.65 bits per heavy atom. The van der Waals surface area contributed by atoms with Gasteiger partial charge in [-0.1, -0.05) is 0 Å². The lowest BCUT2D eigenvalue weighted by Crippen LogP contribution is -2.35. The monoisotopic (exact) mass is 297 g/mol. The topological polar surface area (TPSA) is 37.0 Å². The molecule has 20 heavy (non-hydrogen) atoms. The fraction of sp³-hybridized carbons (Fsp3) is 0.667. The van der Waals surface area contributed by atoms with Crippen molar-refractivity contribution in [1.29, 1.82) is 0 Å². The van der Waals surface area contributed by atoms with Crippen LogP contribution in [0.3, 0.4) is 0 Å². The molecule has 3 nitrogen and oxygen atoms in total. The van der Waals surface area contributed by atoms with E-state index in [2.05, 4.69) is 42.6 Å². The SMILES string of the molecule is CSC1(CNc2nccc(CNC(C)(C)C)c2F)CC1. The lowest BCUT2D eigenvalue weighted by molar-refractivity contribution is 0.418. The van der Waals surface area contributed by atoms with Gasteiger partial charge in [0.15, 0.2) is 11.6 Å². The Labute approximate surface area is 125 Å². The molecule has 0 unspecified atom stereocenters. The van der Waals surface area contributed by atoms with Gasteiger partial charge in [0.25, 0.3) is 0 Å². The van der Waals surface area contributed by atoms with Crippen molar-refractivity contribution in [3.63, 3.8) is 0 Å². The van der Waals surface area contributed by atoms with Gasteiger partial charge in [-0.3, -0.25) is 0 Å². The number of anilines is 1. The van der Waals surface area contributed by atoms with Crippen LogP contribution in [-0.4, -0.2) is 28.1 Å². The number of pyridine rings is 1. The number of nitrogens with one attached hydrogen (secondary N) is 2. The van der Waals surface area contributed by atoms with Crippen LogP contribution in [0.25, 0.3) is 0 Å². The van der Waals surface area contributed by atoms with Crippen LogP contribution in [0, 0.1) is 5.82 Å². The fourth-order valence-corrected chi connectivity index (χ4v) is 2.67. The Morgan fingerprint density at radius 1 is 1.40 bits per heavy atom. The molecule has 1 heterocycles. The molecule has 1 aliphatic rings. The summed E-state index contributed by atoms with van der Waals surface area (Å²) in [5.74, 6) is 0.139. The first-order chi connectivity index (χ1) is 9.35. The molecule has 2 rings (SSSR count). The van der Waals surface area contributed by atoms with E-state index in [0.29, 0.717) is 22.7 Å². The lowest BCUT2D eigenvalue weighted by atomic mass is 10.1. The molecule has 1 aromatic heterocycles. The average Bonchev–Trinajstić information content (AvgIpc) is 3.16. The summed E-state index contributed by atoms with van der Waals surface area (Å²) in [4.78, 5) is 4.13. The molecule has 1 aromatic rings. The summed E-state index contributed by atoms with van der Waals surface area (Å²) in [5.41, 5.74) is 0.631. The van der Waals surface area contributed by atoms with Crippen LogP contribution in [0.15, 0.2) is 12.3 Å². The maximum atomic E-state index is 14.4. The number of aromatic nitrogens is 1. The quantitative estimate of drug-likeness (QED) is 0.843. The van der Waals surface area contributed by atoms with Crippen molar-refractivity contribution in [3.8, 4) is 0 Å². The normalized spacial score (nSPS) is 17.1. The highest BCUT2D eigenvalue weighted by Crippen LogP contribution is 2.47. The second kappa shape index (κ2) is 5.90. The van der Waals surface area contributed by atoms with Crippen molar-refractivity contribution in [3.05, 3.63) is 23.6 Å². The van der Waals surface area contributed by atoms with Crippen molar-refractivity contribution >= 4 is 17.6 Å². The Kier molecular flexibility index (Phi) is 4.59. The first-order valence-electron chi connectivity index (χ1n) is 7.03. The van der Waals surface area contributed by atoms with E-state index >= 15 is 0 Å². The molecule has 0 atom stereocenters. The number of hydrogen-bond donors (Lipinski definition) is 2. The molecule has 0 bridgehead atoms. The van der Waals surface area contributed by atoms with E-state index in [9.17, 15) is 4.39 Å². The van der Waals surface area contributed by atoms with E-state index in [0.717, 1.165) is 6.54 Å². The first kappa shape index (κ1) is 15.6. The summed E-state index contributed by atoms with van der Waals surface area (Å²) in [7, 11) is 0. The van der Waals surface area contributed by atoms with E-state index in [-0.39, 0.29) is 11.4 Å². The second-order valence-electron chi connectivity index (χ2n) is 6.48. The smallest absolute Gasteiger partial charge is 0.169 e. The summed E-state index contributed by atoms with van der Waals surface area (Å²) in [6.45, 7) is 7.51. The summed E-state index contributed by atoms with van der Waals surface area (Å²) >= 11 is 1.86. The summed E-state index contributed by atoms with van der Waals surface area (Å²) in [6.07, 6.45) is 6.19. The average molecular weight is 297 g/mol. The van der Waals surface area contributed by atoms with Gasteiger partial charge in [0, 0.05) is 35.1 Å². The number of thioether (sulfide) groups is 1. The zero-order chi connectivity index (χ0) is 14.8. The van der Waals surface area contributed by atoms with Gasteiger partial charge < -0.3 is 10.6 Å². The lowest BCUT2D eigenvalue weighted by Gasteiger charge is -2.21. The molecule has 1 aliphatic carbocycles. The minimum absolute atomic E-state index is 0.0276. The van der Waals surface area contributed by atoms with Crippen LogP contribution in [0.4, 0.5) is 10.2 Å². The molecule has 0 aliphatic heterocycles. The van der Waals surface area contributed by atoms with E-state index in [4.69, 9.17) is 0 Å². The van der Waals surface area contributed by atoms with Crippen LogP contribution in [0.2, 0.25) is 0 Å². The van der Waals surface area contributed by atoms with Gasteiger partial charge in [0.2, 0.25) is 0 Å². The molecular weight excluding hydrogens is 273 g/mol. The highest BCUT2D eigenvalue weighted by Gasteiger charge is 2.41. The molecule has 0 radical (unpaired) electrons. The van der Waals surface area contributed by atoms with Gasteiger partial charge in [0.1, 0.15) is 0 Å². The third kappa shape index (κ3) is 4.09.